The molecule has 1 aromatic carbocycles. The lowest BCUT2D eigenvalue weighted by atomic mass is 9.59. The minimum atomic E-state index is -1.01. The number of fused-ring (bicyclic) bond motifs is 3. The number of carboxylic acid groups (broad SMARTS) is 1. The highest BCUT2D eigenvalue weighted by Crippen LogP contribution is 2.56. The van der Waals surface area contributed by atoms with Crippen molar-refractivity contribution in [2.24, 2.45) is 17.8 Å². The van der Waals surface area contributed by atoms with Crippen LogP contribution in [0.5, 0.6) is 17.2 Å². The standard InChI is InChI=1S/C29H29NO9/c1-13-9-19(31)25-18(26(13)34)12-17-15(23(25)14-10-20(38-2)27(35)21(11-14)39-3)6-7-16-24(17)29(37)30(28(16)36)8-4-5-22(32)33/h6,9-11,16-17,23-24,35H,4-5,7-8,12H2,1-3H3,(H,32,33)/t16-,17+,23-,24-/m0/s1. The third-order valence-electron chi connectivity index (χ3n) is 8.26. The molecule has 1 aliphatic heterocycles. The Balaban J connectivity index is 1.62. The van der Waals surface area contributed by atoms with Crippen molar-refractivity contribution in [1.29, 1.82) is 0 Å². The van der Waals surface area contributed by atoms with Crippen molar-refractivity contribution in [3.63, 3.8) is 0 Å². The molecular weight excluding hydrogens is 506 g/mol. The zero-order valence-corrected chi connectivity index (χ0v) is 21.9. The van der Waals surface area contributed by atoms with Gasteiger partial charge in [0.05, 0.1) is 26.1 Å². The number of phenols is 1. The molecule has 1 heterocycles. The molecule has 0 radical (unpaired) electrons. The predicted molar refractivity (Wildman–Crippen MR) is 136 cm³/mol. The number of hydrogen-bond donors (Lipinski definition) is 2. The van der Waals surface area contributed by atoms with Gasteiger partial charge < -0.3 is 19.7 Å². The summed E-state index contributed by atoms with van der Waals surface area (Å²) in [7, 11) is 2.78. The molecule has 3 aliphatic carbocycles. The summed E-state index contributed by atoms with van der Waals surface area (Å²) in [5.41, 5.74) is 2.25. The van der Waals surface area contributed by atoms with E-state index in [9.17, 15) is 29.1 Å². The highest BCUT2D eigenvalue weighted by molar-refractivity contribution is 6.23. The average Bonchev–Trinajstić information content (AvgIpc) is 3.15. The molecule has 0 bridgehead atoms. The first-order valence-electron chi connectivity index (χ1n) is 12.8. The number of carboxylic acids is 1. The number of ketones is 2. The molecule has 0 unspecified atom stereocenters. The van der Waals surface area contributed by atoms with E-state index in [1.54, 1.807) is 19.1 Å². The number of benzene rings is 1. The number of aromatic hydroxyl groups is 1. The summed E-state index contributed by atoms with van der Waals surface area (Å²) < 4.78 is 10.7. The van der Waals surface area contributed by atoms with E-state index in [2.05, 4.69) is 0 Å². The summed E-state index contributed by atoms with van der Waals surface area (Å²) in [6, 6.07) is 3.18. The second-order valence-electron chi connectivity index (χ2n) is 10.3. The third kappa shape index (κ3) is 4.14. The van der Waals surface area contributed by atoms with Crippen LogP contribution in [0.3, 0.4) is 0 Å². The van der Waals surface area contributed by atoms with Gasteiger partial charge in [-0.05, 0) is 55.9 Å². The van der Waals surface area contributed by atoms with E-state index in [0.29, 0.717) is 22.3 Å². The molecule has 2 amide bonds. The van der Waals surface area contributed by atoms with Crippen LogP contribution >= 0.6 is 0 Å². The summed E-state index contributed by atoms with van der Waals surface area (Å²) in [4.78, 5) is 65.7. The summed E-state index contributed by atoms with van der Waals surface area (Å²) in [6.45, 7) is 1.59. The molecule has 2 N–H and O–H groups in total. The van der Waals surface area contributed by atoms with Crippen LogP contribution in [-0.4, -0.2) is 65.2 Å². The van der Waals surface area contributed by atoms with Crippen LogP contribution in [0.15, 0.2) is 46.6 Å². The van der Waals surface area contributed by atoms with Crippen molar-refractivity contribution in [3.8, 4) is 17.2 Å². The van der Waals surface area contributed by atoms with E-state index in [1.807, 2.05) is 6.08 Å². The number of carbonyl (C=O) groups is 5. The van der Waals surface area contributed by atoms with Gasteiger partial charge in [-0.25, -0.2) is 0 Å². The van der Waals surface area contributed by atoms with Gasteiger partial charge in [0.2, 0.25) is 17.6 Å². The van der Waals surface area contributed by atoms with E-state index in [1.165, 1.54) is 20.3 Å². The van der Waals surface area contributed by atoms with Gasteiger partial charge in [0.1, 0.15) is 0 Å². The van der Waals surface area contributed by atoms with Crippen LogP contribution in [0.25, 0.3) is 0 Å². The van der Waals surface area contributed by atoms with Crippen molar-refractivity contribution in [2.75, 3.05) is 20.8 Å². The highest BCUT2D eigenvalue weighted by Gasteiger charge is 2.56. The van der Waals surface area contributed by atoms with Crippen LogP contribution in [0.1, 0.15) is 44.1 Å². The first kappa shape index (κ1) is 26.4. The fraction of sp³-hybridized carbons (Fsp3) is 0.414. The second kappa shape index (κ2) is 9.83. The minimum absolute atomic E-state index is 0.0159. The zero-order valence-electron chi connectivity index (χ0n) is 21.9. The van der Waals surface area contributed by atoms with Gasteiger partial charge in [-0.1, -0.05) is 11.6 Å². The number of nitrogens with zero attached hydrogens (tertiary/aromatic N) is 1. The third-order valence-corrected chi connectivity index (χ3v) is 8.26. The van der Waals surface area contributed by atoms with Gasteiger partial charge in [0, 0.05) is 35.6 Å². The maximum absolute atomic E-state index is 13.6. The summed E-state index contributed by atoms with van der Waals surface area (Å²) in [5.74, 6) is -4.83. The Labute approximate surface area is 224 Å². The molecule has 5 rings (SSSR count). The van der Waals surface area contributed by atoms with Crippen molar-refractivity contribution in [1.82, 2.24) is 4.90 Å². The topological polar surface area (TPSA) is 148 Å². The van der Waals surface area contributed by atoms with Crippen LogP contribution in [0.4, 0.5) is 0 Å². The molecule has 10 nitrogen and oxygen atoms in total. The van der Waals surface area contributed by atoms with Gasteiger partial charge >= 0.3 is 5.97 Å². The van der Waals surface area contributed by atoms with Crippen LogP contribution < -0.4 is 9.47 Å². The van der Waals surface area contributed by atoms with Crippen LogP contribution in [0.2, 0.25) is 0 Å². The Bertz CT molecular complexity index is 1390. The van der Waals surface area contributed by atoms with Gasteiger partial charge in [-0.15, -0.1) is 0 Å². The monoisotopic (exact) mass is 535 g/mol. The summed E-state index contributed by atoms with van der Waals surface area (Å²) in [6.07, 6.45) is 3.62. The number of imide groups is 1. The number of amides is 2. The SMILES string of the molecule is COc1cc([C@H]2C3=CC[C@@H]4C(=O)N(CCCC(=O)O)C(=O)[C@@H]4[C@@H]3CC3=C2C(=O)C=C(C)C3=O)cc(OC)c1O. The molecule has 0 saturated carbocycles. The predicted octanol–water partition coefficient (Wildman–Crippen LogP) is 2.70. The lowest BCUT2D eigenvalue weighted by molar-refractivity contribution is -0.142. The number of aliphatic carboxylic acids is 1. The summed E-state index contributed by atoms with van der Waals surface area (Å²) in [5, 5.41) is 19.5. The largest absolute Gasteiger partial charge is 0.502 e. The number of methoxy groups -OCH3 is 2. The van der Waals surface area contributed by atoms with Crippen molar-refractivity contribution >= 4 is 29.4 Å². The van der Waals surface area contributed by atoms with Gasteiger partial charge in [-0.3, -0.25) is 28.9 Å². The molecule has 0 aromatic heterocycles. The lowest BCUT2D eigenvalue weighted by Gasteiger charge is -2.42. The average molecular weight is 536 g/mol. The number of rotatable bonds is 7. The maximum atomic E-state index is 13.6. The fourth-order valence-electron chi connectivity index (χ4n) is 6.52. The van der Waals surface area contributed by atoms with E-state index in [0.717, 1.165) is 10.5 Å². The lowest BCUT2D eigenvalue weighted by Crippen LogP contribution is -2.39. The number of phenolic OH excluding ortho intramolecular Hbond substituents is 1. The van der Waals surface area contributed by atoms with Crippen molar-refractivity contribution in [2.45, 2.75) is 38.5 Å². The van der Waals surface area contributed by atoms with E-state index >= 15 is 0 Å². The molecule has 204 valence electrons. The number of hydrogen-bond acceptors (Lipinski definition) is 8. The van der Waals surface area contributed by atoms with E-state index < -0.39 is 29.6 Å². The van der Waals surface area contributed by atoms with Crippen molar-refractivity contribution in [3.05, 3.63) is 52.1 Å². The zero-order chi connectivity index (χ0) is 28.2. The number of allylic oxidation sites excluding steroid dienone is 6. The minimum Gasteiger partial charge on any atom is -0.502 e. The number of carbonyl (C=O) groups excluding carboxylic acids is 4. The Morgan fingerprint density at radius 3 is 2.33 bits per heavy atom. The smallest absolute Gasteiger partial charge is 0.303 e. The van der Waals surface area contributed by atoms with E-state index in [4.69, 9.17) is 14.6 Å². The first-order chi connectivity index (χ1) is 18.6. The van der Waals surface area contributed by atoms with Crippen LogP contribution in [-0.2, 0) is 24.0 Å². The molecule has 1 saturated heterocycles. The normalized spacial score (nSPS) is 26.1. The molecule has 1 aromatic rings. The van der Waals surface area contributed by atoms with Gasteiger partial charge in [0.15, 0.2) is 23.1 Å². The number of likely N-dealkylation sites (tertiary alicyclic amines) is 1. The Hall–Kier alpha value is -4.21. The van der Waals surface area contributed by atoms with Gasteiger partial charge in [0.25, 0.3) is 0 Å². The Kier molecular flexibility index (Phi) is 6.65. The molecule has 10 heteroatoms. The Morgan fingerprint density at radius 1 is 1.05 bits per heavy atom. The Morgan fingerprint density at radius 2 is 1.72 bits per heavy atom. The van der Waals surface area contributed by atoms with E-state index in [-0.39, 0.29) is 72.9 Å². The molecular formula is C29H29NO9. The molecule has 39 heavy (non-hydrogen) atoms. The highest BCUT2D eigenvalue weighted by atomic mass is 16.5. The molecule has 4 aliphatic rings. The first-order valence-corrected chi connectivity index (χ1v) is 12.8. The second-order valence-corrected chi connectivity index (χ2v) is 10.3. The number of ether oxygens (including phenoxy) is 2. The molecule has 1 fully saturated rings. The fourth-order valence-corrected chi connectivity index (χ4v) is 6.52. The maximum Gasteiger partial charge on any atom is 0.303 e. The van der Waals surface area contributed by atoms with Crippen LogP contribution in [0, 0.1) is 17.8 Å². The van der Waals surface area contributed by atoms with Crippen molar-refractivity contribution < 1.29 is 43.7 Å². The quantitative estimate of drug-likeness (QED) is 0.305. The number of Topliss-reactive ketones (excluding diaryl/α,β-unsaturated/α-hetero) is 1. The van der Waals surface area contributed by atoms with Gasteiger partial charge in [-0.2, -0.15) is 0 Å². The molecule has 4 atom stereocenters. The molecule has 0 spiro atoms. The summed E-state index contributed by atoms with van der Waals surface area (Å²) >= 11 is 0.